The SMILES string of the molecule is CC(C)C[C@@H](N)c1nc(-c2ccc(F)c(F)c2Br)no1. The molecule has 1 aromatic carbocycles. The van der Waals surface area contributed by atoms with E-state index in [1.165, 1.54) is 6.07 Å². The van der Waals surface area contributed by atoms with Gasteiger partial charge in [0.25, 0.3) is 0 Å². The van der Waals surface area contributed by atoms with E-state index in [4.69, 9.17) is 10.3 Å². The Hall–Kier alpha value is -1.34. The molecule has 1 aromatic heterocycles. The Labute approximate surface area is 123 Å². The fourth-order valence-electron chi connectivity index (χ4n) is 1.80. The van der Waals surface area contributed by atoms with E-state index in [0.717, 1.165) is 6.07 Å². The molecule has 0 amide bonds. The zero-order chi connectivity index (χ0) is 14.9. The van der Waals surface area contributed by atoms with Crippen molar-refractivity contribution in [2.24, 2.45) is 11.7 Å². The van der Waals surface area contributed by atoms with Gasteiger partial charge in [-0.2, -0.15) is 4.98 Å². The standard InChI is InChI=1S/C13H14BrF2N3O/c1-6(2)5-9(17)13-18-12(19-20-13)7-3-4-8(15)11(16)10(7)14/h3-4,6,9H,5,17H2,1-2H3/t9-/m1/s1. The van der Waals surface area contributed by atoms with Gasteiger partial charge in [0, 0.05) is 5.56 Å². The number of nitrogens with two attached hydrogens (primary N) is 1. The fraction of sp³-hybridized carbons (Fsp3) is 0.385. The third-order valence-electron chi connectivity index (χ3n) is 2.76. The lowest BCUT2D eigenvalue weighted by atomic mass is 10.0. The summed E-state index contributed by atoms with van der Waals surface area (Å²) in [5, 5.41) is 3.76. The first-order valence-corrected chi connectivity index (χ1v) is 6.92. The van der Waals surface area contributed by atoms with Gasteiger partial charge < -0.3 is 10.3 Å². The van der Waals surface area contributed by atoms with Crippen LogP contribution >= 0.6 is 15.9 Å². The van der Waals surface area contributed by atoms with Crippen LogP contribution in [0.3, 0.4) is 0 Å². The average molecular weight is 346 g/mol. The molecule has 0 unspecified atom stereocenters. The van der Waals surface area contributed by atoms with E-state index in [9.17, 15) is 8.78 Å². The molecule has 0 saturated heterocycles. The zero-order valence-corrected chi connectivity index (χ0v) is 12.6. The van der Waals surface area contributed by atoms with Crippen LogP contribution in [0.1, 0.15) is 32.2 Å². The molecule has 1 atom stereocenters. The van der Waals surface area contributed by atoms with Crippen LogP contribution < -0.4 is 5.73 Å². The number of benzene rings is 1. The van der Waals surface area contributed by atoms with Crippen LogP contribution in [-0.2, 0) is 0 Å². The predicted octanol–water partition coefficient (Wildman–Crippen LogP) is 3.82. The Morgan fingerprint density at radius 2 is 2.05 bits per heavy atom. The van der Waals surface area contributed by atoms with Gasteiger partial charge in [-0.05, 0) is 40.4 Å². The second-order valence-corrected chi connectivity index (χ2v) is 5.71. The van der Waals surface area contributed by atoms with E-state index in [1.807, 2.05) is 13.8 Å². The van der Waals surface area contributed by atoms with E-state index >= 15 is 0 Å². The van der Waals surface area contributed by atoms with Crippen molar-refractivity contribution in [3.05, 3.63) is 34.1 Å². The van der Waals surface area contributed by atoms with Crippen LogP contribution in [0.15, 0.2) is 21.1 Å². The number of hydrogen-bond donors (Lipinski definition) is 1. The molecule has 2 N–H and O–H groups in total. The van der Waals surface area contributed by atoms with Crippen LogP contribution in [-0.4, -0.2) is 10.1 Å². The van der Waals surface area contributed by atoms with Crippen LogP contribution in [0.25, 0.3) is 11.4 Å². The highest BCUT2D eigenvalue weighted by molar-refractivity contribution is 9.10. The summed E-state index contributed by atoms with van der Waals surface area (Å²) >= 11 is 2.99. The first-order valence-electron chi connectivity index (χ1n) is 6.13. The van der Waals surface area contributed by atoms with Crippen LogP contribution in [0.4, 0.5) is 8.78 Å². The molecule has 2 aromatic rings. The highest BCUT2D eigenvalue weighted by Crippen LogP contribution is 2.30. The second kappa shape index (κ2) is 5.97. The molecule has 0 radical (unpaired) electrons. The molecule has 0 fully saturated rings. The van der Waals surface area contributed by atoms with Gasteiger partial charge in [0.2, 0.25) is 11.7 Å². The van der Waals surface area contributed by atoms with Gasteiger partial charge in [0.15, 0.2) is 11.6 Å². The average Bonchev–Trinajstić information content (AvgIpc) is 2.85. The Morgan fingerprint density at radius 3 is 2.70 bits per heavy atom. The molecule has 1 heterocycles. The van der Waals surface area contributed by atoms with Gasteiger partial charge in [0.1, 0.15) is 0 Å². The molecule has 0 aliphatic heterocycles. The third kappa shape index (κ3) is 3.04. The molecule has 0 aliphatic carbocycles. The van der Waals surface area contributed by atoms with Crippen molar-refractivity contribution in [3.63, 3.8) is 0 Å². The molecule has 0 saturated carbocycles. The fourth-order valence-corrected chi connectivity index (χ4v) is 2.30. The molecule has 0 aliphatic rings. The molecule has 20 heavy (non-hydrogen) atoms. The lowest BCUT2D eigenvalue weighted by Gasteiger charge is -2.08. The van der Waals surface area contributed by atoms with Crippen molar-refractivity contribution in [2.75, 3.05) is 0 Å². The van der Waals surface area contributed by atoms with Gasteiger partial charge in [0.05, 0.1) is 10.5 Å². The monoisotopic (exact) mass is 345 g/mol. The lowest BCUT2D eigenvalue weighted by Crippen LogP contribution is -2.13. The predicted molar refractivity (Wildman–Crippen MR) is 73.7 cm³/mol. The molecule has 2 rings (SSSR count). The molecule has 7 heteroatoms. The third-order valence-corrected chi connectivity index (χ3v) is 3.54. The normalized spacial score (nSPS) is 12.9. The quantitative estimate of drug-likeness (QED) is 0.855. The van der Waals surface area contributed by atoms with Gasteiger partial charge in [-0.15, -0.1) is 0 Å². The lowest BCUT2D eigenvalue weighted by molar-refractivity contribution is 0.335. The maximum atomic E-state index is 13.5. The minimum atomic E-state index is -0.986. The van der Waals surface area contributed by atoms with Crippen molar-refractivity contribution >= 4 is 15.9 Å². The number of nitrogens with zero attached hydrogens (tertiary/aromatic N) is 2. The molecule has 0 bridgehead atoms. The Balaban J connectivity index is 2.32. The minimum absolute atomic E-state index is 0.0396. The van der Waals surface area contributed by atoms with Crippen molar-refractivity contribution in [1.82, 2.24) is 10.1 Å². The van der Waals surface area contributed by atoms with Crippen LogP contribution in [0.2, 0.25) is 0 Å². The highest BCUT2D eigenvalue weighted by atomic mass is 79.9. The van der Waals surface area contributed by atoms with E-state index in [0.29, 0.717) is 17.9 Å². The Morgan fingerprint density at radius 1 is 1.35 bits per heavy atom. The second-order valence-electron chi connectivity index (χ2n) is 4.92. The summed E-state index contributed by atoms with van der Waals surface area (Å²) in [5.74, 6) is -1.09. The summed E-state index contributed by atoms with van der Waals surface area (Å²) in [6.45, 7) is 4.06. The summed E-state index contributed by atoms with van der Waals surface area (Å²) in [5.41, 5.74) is 6.25. The van der Waals surface area contributed by atoms with Gasteiger partial charge in [-0.1, -0.05) is 19.0 Å². The summed E-state index contributed by atoms with van der Waals surface area (Å²) in [6.07, 6.45) is 0.695. The maximum absolute atomic E-state index is 13.5. The zero-order valence-electron chi connectivity index (χ0n) is 11.0. The van der Waals surface area contributed by atoms with Gasteiger partial charge in [-0.25, -0.2) is 8.78 Å². The number of halogens is 3. The van der Waals surface area contributed by atoms with Crippen LogP contribution in [0.5, 0.6) is 0 Å². The summed E-state index contributed by atoms with van der Waals surface area (Å²) in [7, 11) is 0. The maximum Gasteiger partial charge on any atom is 0.243 e. The van der Waals surface area contributed by atoms with Gasteiger partial charge in [-0.3, -0.25) is 0 Å². The molecule has 4 nitrogen and oxygen atoms in total. The number of hydrogen-bond acceptors (Lipinski definition) is 4. The first-order chi connectivity index (χ1) is 9.40. The van der Waals surface area contributed by atoms with E-state index in [-0.39, 0.29) is 22.2 Å². The van der Waals surface area contributed by atoms with Crippen molar-refractivity contribution in [3.8, 4) is 11.4 Å². The Kier molecular flexibility index (Phi) is 4.49. The summed E-state index contributed by atoms with van der Waals surface area (Å²) < 4.78 is 31.6. The van der Waals surface area contributed by atoms with Crippen molar-refractivity contribution in [2.45, 2.75) is 26.3 Å². The van der Waals surface area contributed by atoms with E-state index in [1.54, 1.807) is 0 Å². The molecular formula is C13H14BrF2N3O. The summed E-state index contributed by atoms with van der Waals surface area (Å²) in [6, 6.07) is 2.02. The highest BCUT2D eigenvalue weighted by Gasteiger charge is 2.20. The van der Waals surface area contributed by atoms with Gasteiger partial charge >= 0.3 is 0 Å². The summed E-state index contributed by atoms with van der Waals surface area (Å²) in [4.78, 5) is 4.14. The largest absolute Gasteiger partial charge is 0.337 e. The first kappa shape index (κ1) is 15.1. The van der Waals surface area contributed by atoms with Crippen molar-refractivity contribution in [1.29, 1.82) is 0 Å². The number of rotatable bonds is 4. The number of aromatic nitrogens is 2. The topological polar surface area (TPSA) is 64.9 Å². The van der Waals surface area contributed by atoms with Crippen molar-refractivity contribution < 1.29 is 13.3 Å². The molecule has 108 valence electrons. The molecular weight excluding hydrogens is 332 g/mol. The Bertz CT molecular complexity index is 616. The van der Waals surface area contributed by atoms with E-state index in [2.05, 4.69) is 26.1 Å². The van der Waals surface area contributed by atoms with Crippen LogP contribution in [0, 0.1) is 17.6 Å². The molecule has 0 spiro atoms. The smallest absolute Gasteiger partial charge is 0.243 e. The minimum Gasteiger partial charge on any atom is -0.337 e. The van der Waals surface area contributed by atoms with E-state index < -0.39 is 11.6 Å².